The van der Waals surface area contributed by atoms with Crippen LogP contribution in [0.5, 0.6) is 0 Å². The highest BCUT2D eigenvalue weighted by Gasteiger charge is 2.36. The Hall–Kier alpha value is -4.88. The Morgan fingerprint density at radius 2 is 1.18 bits per heavy atom. The van der Waals surface area contributed by atoms with Crippen molar-refractivity contribution in [2.45, 2.75) is 19.3 Å². The lowest BCUT2D eigenvalue weighted by Gasteiger charge is -2.22. The lowest BCUT2D eigenvalue weighted by molar-refractivity contribution is 0.647. The fraction of sp³-hybridized carbons (Fsp3) is 0.0769. The fourth-order valence-corrected chi connectivity index (χ4v) is 7.24. The fourth-order valence-electron chi connectivity index (χ4n) is 7.24. The van der Waals surface area contributed by atoms with Crippen LogP contribution in [0.3, 0.4) is 0 Å². The first-order valence-electron chi connectivity index (χ1n) is 14.0. The van der Waals surface area contributed by atoms with E-state index in [2.05, 4.69) is 129 Å². The van der Waals surface area contributed by atoms with E-state index in [1.165, 1.54) is 76.5 Å². The molecule has 1 heterocycles. The molecule has 0 atom stereocenters. The van der Waals surface area contributed by atoms with Crippen molar-refractivity contribution in [3.05, 3.63) is 132 Å². The Morgan fingerprint density at radius 1 is 0.450 bits per heavy atom. The van der Waals surface area contributed by atoms with Crippen LogP contribution in [0.2, 0.25) is 0 Å². The molecular weight excluding hydrogens is 484 g/mol. The third kappa shape index (κ3) is 2.82. The van der Waals surface area contributed by atoms with Crippen LogP contribution in [0.25, 0.3) is 76.5 Å². The minimum absolute atomic E-state index is 0.138. The molecule has 7 aromatic carbocycles. The minimum Gasteiger partial charge on any atom is -0.456 e. The third-order valence-corrected chi connectivity index (χ3v) is 9.23. The molecule has 0 spiro atoms. The van der Waals surface area contributed by atoms with Gasteiger partial charge in [-0.1, -0.05) is 105 Å². The predicted octanol–water partition coefficient (Wildman–Crippen LogP) is 11.0. The lowest BCUT2D eigenvalue weighted by Crippen LogP contribution is -2.15. The van der Waals surface area contributed by atoms with E-state index < -0.39 is 0 Å². The van der Waals surface area contributed by atoms with Crippen molar-refractivity contribution in [3.8, 4) is 22.3 Å². The van der Waals surface area contributed by atoms with Gasteiger partial charge in [0.15, 0.2) is 0 Å². The van der Waals surface area contributed by atoms with E-state index in [-0.39, 0.29) is 5.41 Å². The molecule has 8 aromatic rings. The first kappa shape index (κ1) is 22.0. The summed E-state index contributed by atoms with van der Waals surface area (Å²) in [5, 5.41) is 10.1. The van der Waals surface area contributed by atoms with Gasteiger partial charge in [-0.25, -0.2) is 0 Å². The van der Waals surface area contributed by atoms with Crippen molar-refractivity contribution >= 4 is 54.3 Å². The number of hydrogen-bond acceptors (Lipinski definition) is 1. The molecule has 1 heteroatoms. The van der Waals surface area contributed by atoms with E-state index in [1.54, 1.807) is 0 Å². The maximum Gasteiger partial charge on any atom is 0.135 e. The molecule has 0 unspecified atom stereocenters. The smallest absolute Gasteiger partial charge is 0.135 e. The van der Waals surface area contributed by atoms with E-state index in [0.717, 1.165) is 11.2 Å². The zero-order valence-electron chi connectivity index (χ0n) is 22.5. The van der Waals surface area contributed by atoms with Gasteiger partial charge in [0.05, 0.1) is 0 Å². The summed E-state index contributed by atoms with van der Waals surface area (Å²) in [6, 6.07) is 44.6. The summed E-state index contributed by atoms with van der Waals surface area (Å²) >= 11 is 0. The summed E-state index contributed by atoms with van der Waals surface area (Å²) < 4.78 is 6.29. The van der Waals surface area contributed by atoms with Crippen LogP contribution in [0.4, 0.5) is 0 Å². The Morgan fingerprint density at radius 3 is 2.05 bits per heavy atom. The second kappa shape index (κ2) is 7.61. The van der Waals surface area contributed by atoms with Gasteiger partial charge in [-0.2, -0.15) is 0 Å². The van der Waals surface area contributed by atoms with Crippen LogP contribution in [0, 0.1) is 0 Å². The summed E-state index contributed by atoms with van der Waals surface area (Å²) in [6.07, 6.45) is 0. The summed E-state index contributed by atoms with van der Waals surface area (Å²) in [5.74, 6) is 0. The molecular formula is C39H26O. The van der Waals surface area contributed by atoms with Crippen molar-refractivity contribution in [2.24, 2.45) is 0 Å². The van der Waals surface area contributed by atoms with Gasteiger partial charge in [0.25, 0.3) is 0 Å². The molecule has 0 saturated heterocycles. The second-order valence-corrected chi connectivity index (χ2v) is 11.7. The van der Waals surface area contributed by atoms with Crippen LogP contribution in [0.15, 0.2) is 126 Å². The Bertz CT molecular complexity index is 2350. The molecule has 9 rings (SSSR count). The average Bonchev–Trinajstić information content (AvgIpc) is 3.46. The van der Waals surface area contributed by atoms with Crippen molar-refractivity contribution in [1.29, 1.82) is 0 Å². The molecule has 1 nitrogen and oxygen atoms in total. The van der Waals surface area contributed by atoms with Crippen LogP contribution in [0.1, 0.15) is 25.0 Å². The van der Waals surface area contributed by atoms with Gasteiger partial charge in [-0.3, -0.25) is 0 Å². The van der Waals surface area contributed by atoms with Gasteiger partial charge in [-0.05, 0) is 96.0 Å². The minimum atomic E-state index is -0.138. The largest absolute Gasteiger partial charge is 0.456 e. The summed E-state index contributed by atoms with van der Waals surface area (Å²) in [7, 11) is 0. The molecule has 0 fully saturated rings. The zero-order chi connectivity index (χ0) is 26.6. The number of rotatable bonds is 1. The number of hydrogen-bond donors (Lipinski definition) is 0. The van der Waals surface area contributed by atoms with Crippen LogP contribution in [-0.2, 0) is 5.41 Å². The van der Waals surface area contributed by atoms with E-state index in [0.29, 0.717) is 0 Å². The molecule has 0 bridgehead atoms. The number of fused-ring (bicyclic) bond motifs is 10. The molecule has 0 amide bonds. The van der Waals surface area contributed by atoms with Crippen molar-refractivity contribution in [3.63, 3.8) is 0 Å². The van der Waals surface area contributed by atoms with Crippen molar-refractivity contribution in [1.82, 2.24) is 0 Å². The Kier molecular flexibility index (Phi) is 4.18. The summed E-state index contributed by atoms with van der Waals surface area (Å²) in [6.45, 7) is 4.70. The van der Waals surface area contributed by atoms with Gasteiger partial charge in [0.2, 0.25) is 0 Å². The Balaban J connectivity index is 1.33. The number of benzene rings is 7. The average molecular weight is 511 g/mol. The number of furan rings is 1. The zero-order valence-corrected chi connectivity index (χ0v) is 22.5. The SMILES string of the molecule is CC1(C)c2cc(-c3c4ccccc4cc4c3ccc3ccccc34)ccc2-c2cc3c(cc21)oc1ccccc13. The monoisotopic (exact) mass is 510 g/mol. The van der Waals surface area contributed by atoms with Gasteiger partial charge in [-0.15, -0.1) is 0 Å². The van der Waals surface area contributed by atoms with Gasteiger partial charge >= 0.3 is 0 Å². The quantitative estimate of drug-likeness (QED) is 0.158. The molecule has 1 aliphatic carbocycles. The second-order valence-electron chi connectivity index (χ2n) is 11.7. The van der Waals surface area contributed by atoms with Gasteiger partial charge in [0.1, 0.15) is 11.2 Å². The van der Waals surface area contributed by atoms with E-state index in [9.17, 15) is 0 Å². The molecule has 188 valence electrons. The molecule has 0 aliphatic heterocycles. The molecule has 0 N–H and O–H groups in total. The normalized spacial score (nSPS) is 13.9. The summed E-state index contributed by atoms with van der Waals surface area (Å²) in [5.41, 5.74) is 9.71. The maximum atomic E-state index is 6.29. The Labute approximate surface area is 232 Å². The van der Waals surface area contributed by atoms with Crippen LogP contribution < -0.4 is 0 Å². The highest BCUT2D eigenvalue weighted by atomic mass is 16.3. The highest BCUT2D eigenvalue weighted by Crippen LogP contribution is 2.52. The molecule has 0 radical (unpaired) electrons. The van der Waals surface area contributed by atoms with E-state index >= 15 is 0 Å². The molecule has 1 aromatic heterocycles. The summed E-state index contributed by atoms with van der Waals surface area (Å²) in [4.78, 5) is 0. The van der Waals surface area contributed by atoms with Gasteiger partial charge in [0, 0.05) is 16.2 Å². The lowest BCUT2D eigenvalue weighted by atomic mass is 9.80. The van der Waals surface area contributed by atoms with Crippen molar-refractivity contribution in [2.75, 3.05) is 0 Å². The number of para-hydroxylation sites is 1. The van der Waals surface area contributed by atoms with Crippen LogP contribution >= 0.6 is 0 Å². The standard InChI is InChI=1S/C39H26O/c1-39(2)34-20-25(16-17-28(34)32-21-33-29-13-7-8-14-36(29)40-37(33)22-35(32)39)38-27-12-6-4-10-24(27)19-31-26-11-5-3-9-23(26)15-18-30(31)38/h3-22H,1-2H3. The third-order valence-electron chi connectivity index (χ3n) is 9.23. The molecule has 1 aliphatic rings. The highest BCUT2D eigenvalue weighted by molar-refractivity contribution is 6.20. The van der Waals surface area contributed by atoms with E-state index in [4.69, 9.17) is 4.42 Å². The van der Waals surface area contributed by atoms with Crippen molar-refractivity contribution < 1.29 is 4.42 Å². The molecule has 40 heavy (non-hydrogen) atoms. The predicted molar refractivity (Wildman–Crippen MR) is 169 cm³/mol. The van der Waals surface area contributed by atoms with Crippen LogP contribution in [-0.4, -0.2) is 0 Å². The van der Waals surface area contributed by atoms with Gasteiger partial charge < -0.3 is 4.42 Å². The first-order valence-corrected chi connectivity index (χ1v) is 14.0. The van der Waals surface area contributed by atoms with E-state index in [1.807, 2.05) is 6.07 Å². The topological polar surface area (TPSA) is 13.1 Å². The first-order chi connectivity index (χ1) is 19.6. The molecule has 0 saturated carbocycles. The maximum absolute atomic E-state index is 6.29.